The molecule has 112 valence electrons. The highest BCUT2D eigenvalue weighted by atomic mass is 32.1. The average Bonchev–Trinajstić information content (AvgIpc) is 3.00. The second-order valence-electron chi connectivity index (χ2n) is 4.58. The van der Waals surface area contributed by atoms with Crippen molar-refractivity contribution in [1.29, 1.82) is 5.26 Å². The van der Waals surface area contributed by atoms with E-state index in [1.54, 1.807) is 19.1 Å². The number of aryl methyl sites for hydroxylation is 1. The van der Waals surface area contributed by atoms with Crippen LogP contribution >= 0.6 is 11.3 Å². The zero-order chi connectivity index (χ0) is 16.1. The van der Waals surface area contributed by atoms with Gasteiger partial charge < -0.3 is 10.4 Å². The second-order valence-corrected chi connectivity index (χ2v) is 5.56. The van der Waals surface area contributed by atoms with Gasteiger partial charge in [0.1, 0.15) is 11.8 Å². The molecule has 2 heterocycles. The number of aliphatic carboxylic acids is 1. The van der Waals surface area contributed by atoms with E-state index in [1.807, 2.05) is 11.4 Å². The Balaban J connectivity index is 2.19. The lowest BCUT2D eigenvalue weighted by atomic mass is 10.1. The molecular formula is C15H13N3O3S. The van der Waals surface area contributed by atoms with Crippen LogP contribution < -0.4 is 5.32 Å². The Hall–Kier alpha value is -2.72. The highest BCUT2D eigenvalue weighted by Crippen LogP contribution is 2.22. The van der Waals surface area contributed by atoms with Gasteiger partial charge >= 0.3 is 5.97 Å². The molecule has 0 spiro atoms. The maximum Gasteiger partial charge on any atom is 0.305 e. The highest BCUT2D eigenvalue weighted by molar-refractivity contribution is 7.10. The third kappa shape index (κ3) is 3.68. The molecule has 0 aromatic carbocycles. The molecule has 6 nitrogen and oxygen atoms in total. The van der Waals surface area contributed by atoms with Crippen molar-refractivity contribution < 1.29 is 14.7 Å². The summed E-state index contributed by atoms with van der Waals surface area (Å²) in [6.45, 7) is 1.64. The number of hydrogen-bond acceptors (Lipinski definition) is 5. The molecule has 0 saturated carbocycles. The summed E-state index contributed by atoms with van der Waals surface area (Å²) < 4.78 is 0. The molecule has 0 aliphatic carbocycles. The number of carboxylic acid groups (broad SMARTS) is 1. The standard InChI is InChI=1S/C15H13N3O3S/c1-9-10(8-16)4-5-11(17-9)15(21)18-12(7-14(19)20)13-3-2-6-22-13/h2-6,12H,7H2,1H3,(H,18,21)(H,19,20)/t12-/m1/s1. The third-order valence-corrected chi connectivity index (χ3v) is 4.00. The number of thiophene rings is 1. The Kier molecular flexibility index (Phi) is 4.86. The van der Waals surface area contributed by atoms with E-state index in [-0.39, 0.29) is 12.1 Å². The van der Waals surface area contributed by atoms with Gasteiger partial charge in [-0.25, -0.2) is 4.98 Å². The third-order valence-electron chi connectivity index (χ3n) is 3.01. The lowest BCUT2D eigenvalue weighted by Gasteiger charge is -2.15. The lowest BCUT2D eigenvalue weighted by molar-refractivity contribution is -0.137. The Bertz CT molecular complexity index is 735. The maximum atomic E-state index is 12.2. The number of pyridine rings is 1. The van der Waals surface area contributed by atoms with Crippen molar-refractivity contribution in [2.24, 2.45) is 0 Å². The van der Waals surface area contributed by atoms with Crippen LogP contribution in [0.2, 0.25) is 0 Å². The van der Waals surface area contributed by atoms with E-state index in [1.165, 1.54) is 23.5 Å². The van der Waals surface area contributed by atoms with Gasteiger partial charge in [-0.3, -0.25) is 9.59 Å². The van der Waals surface area contributed by atoms with Gasteiger partial charge in [-0.15, -0.1) is 11.3 Å². The van der Waals surface area contributed by atoms with Crippen molar-refractivity contribution in [1.82, 2.24) is 10.3 Å². The molecule has 2 aromatic heterocycles. The Morgan fingerprint density at radius 1 is 1.45 bits per heavy atom. The number of amides is 1. The molecule has 0 fully saturated rings. The summed E-state index contributed by atoms with van der Waals surface area (Å²) in [6, 6.07) is 7.92. The average molecular weight is 315 g/mol. The van der Waals surface area contributed by atoms with Gasteiger partial charge in [-0.05, 0) is 30.5 Å². The van der Waals surface area contributed by atoms with Crippen LogP contribution in [0.25, 0.3) is 0 Å². The first-order valence-electron chi connectivity index (χ1n) is 6.45. The van der Waals surface area contributed by atoms with Crippen molar-refractivity contribution in [2.45, 2.75) is 19.4 Å². The normalized spacial score (nSPS) is 11.5. The number of carbonyl (C=O) groups excluding carboxylic acids is 1. The lowest BCUT2D eigenvalue weighted by Crippen LogP contribution is -2.30. The summed E-state index contributed by atoms with van der Waals surface area (Å²) in [5.41, 5.74) is 1.02. The summed E-state index contributed by atoms with van der Waals surface area (Å²) in [4.78, 5) is 28.0. The molecule has 2 N–H and O–H groups in total. The monoisotopic (exact) mass is 315 g/mol. The number of hydrogen-bond donors (Lipinski definition) is 2. The van der Waals surface area contributed by atoms with Gasteiger partial charge in [0.25, 0.3) is 5.91 Å². The molecule has 1 amide bonds. The van der Waals surface area contributed by atoms with Gasteiger partial charge in [0.15, 0.2) is 0 Å². The highest BCUT2D eigenvalue weighted by Gasteiger charge is 2.20. The van der Waals surface area contributed by atoms with E-state index in [2.05, 4.69) is 10.3 Å². The summed E-state index contributed by atoms with van der Waals surface area (Å²) in [6.07, 6.45) is -0.207. The molecule has 7 heteroatoms. The van der Waals surface area contributed by atoms with Gasteiger partial charge in [-0.1, -0.05) is 6.07 Å². The van der Waals surface area contributed by atoms with Crippen LogP contribution in [0.15, 0.2) is 29.6 Å². The van der Waals surface area contributed by atoms with E-state index in [0.29, 0.717) is 11.3 Å². The maximum absolute atomic E-state index is 12.2. The largest absolute Gasteiger partial charge is 0.481 e. The molecule has 0 aliphatic heterocycles. The zero-order valence-corrected chi connectivity index (χ0v) is 12.6. The Labute approximate surface area is 131 Å². The number of nitriles is 1. The van der Waals surface area contributed by atoms with Crippen LogP contribution in [0.4, 0.5) is 0 Å². The number of carbonyl (C=O) groups is 2. The molecule has 0 aliphatic rings. The van der Waals surface area contributed by atoms with Crippen LogP contribution in [0, 0.1) is 18.3 Å². The molecule has 0 radical (unpaired) electrons. The minimum absolute atomic E-state index is 0.156. The van der Waals surface area contributed by atoms with E-state index >= 15 is 0 Å². The molecule has 0 saturated heterocycles. The first-order valence-corrected chi connectivity index (χ1v) is 7.33. The molecule has 22 heavy (non-hydrogen) atoms. The number of nitrogens with zero attached hydrogens (tertiary/aromatic N) is 2. The number of nitrogens with one attached hydrogen (secondary N) is 1. The molecule has 1 atom stereocenters. The predicted octanol–water partition coefficient (Wildman–Crippen LogP) is 2.27. The Morgan fingerprint density at radius 2 is 2.23 bits per heavy atom. The fourth-order valence-corrected chi connectivity index (χ4v) is 2.70. The summed E-state index contributed by atoms with van der Waals surface area (Å²) in [5, 5.41) is 22.3. The van der Waals surface area contributed by atoms with Gasteiger partial charge in [0.05, 0.1) is 23.7 Å². The van der Waals surface area contributed by atoms with Crippen molar-refractivity contribution in [2.75, 3.05) is 0 Å². The predicted molar refractivity (Wildman–Crippen MR) is 80.5 cm³/mol. The fraction of sp³-hybridized carbons (Fsp3) is 0.200. The van der Waals surface area contributed by atoms with Crippen molar-refractivity contribution in [3.63, 3.8) is 0 Å². The molecule has 0 bridgehead atoms. The Morgan fingerprint density at radius 3 is 2.77 bits per heavy atom. The van der Waals surface area contributed by atoms with Crippen molar-refractivity contribution in [3.05, 3.63) is 51.5 Å². The van der Waals surface area contributed by atoms with Crippen LogP contribution in [-0.2, 0) is 4.79 Å². The molecule has 2 aromatic rings. The molecule has 0 unspecified atom stereocenters. The first kappa shape index (κ1) is 15.7. The van der Waals surface area contributed by atoms with Gasteiger partial charge in [0, 0.05) is 4.88 Å². The molecular weight excluding hydrogens is 302 g/mol. The SMILES string of the molecule is Cc1nc(C(=O)N[C@H](CC(=O)O)c2cccs2)ccc1C#N. The van der Waals surface area contributed by atoms with E-state index < -0.39 is 17.9 Å². The smallest absolute Gasteiger partial charge is 0.305 e. The topological polar surface area (TPSA) is 103 Å². The van der Waals surface area contributed by atoms with E-state index in [9.17, 15) is 9.59 Å². The van der Waals surface area contributed by atoms with Crippen LogP contribution in [0.1, 0.15) is 39.1 Å². The fourth-order valence-electron chi connectivity index (χ4n) is 1.92. The number of carboxylic acids is 1. The number of aromatic nitrogens is 1. The summed E-state index contributed by atoms with van der Waals surface area (Å²) in [7, 11) is 0. The number of rotatable bonds is 5. The quantitative estimate of drug-likeness (QED) is 0.881. The second kappa shape index (κ2) is 6.83. The van der Waals surface area contributed by atoms with E-state index in [0.717, 1.165) is 4.88 Å². The summed E-state index contributed by atoms with van der Waals surface area (Å²) >= 11 is 1.38. The van der Waals surface area contributed by atoms with Crippen LogP contribution in [0.3, 0.4) is 0 Å². The minimum atomic E-state index is -0.998. The van der Waals surface area contributed by atoms with E-state index in [4.69, 9.17) is 10.4 Å². The molecule has 2 rings (SSSR count). The van der Waals surface area contributed by atoms with Gasteiger partial charge in [-0.2, -0.15) is 5.26 Å². The first-order chi connectivity index (χ1) is 10.5. The minimum Gasteiger partial charge on any atom is -0.481 e. The van der Waals surface area contributed by atoms with Crippen LogP contribution in [0.5, 0.6) is 0 Å². The van der Waals surface area contributed by atoms with Crippen molar-refractivity contribution >= 4 is 23.2 Å². The van der Waals surface area contributed by atoms with Crippen molar-refractivity contribution in [3.8, 4) is 6.07 Å². The van der Waals surface area contributed by atoms with Gasteiger partial charge in [0.2, 0.25) is 0 Å². The summed E-state index contributed by atoms with van der Waals surface area (Å²) in [5.74, 6) is -1.46. The zero-order valence-electron chi connectivity index (χ0n) is 11.7. The van der Waals surface area contributed by atoms with Crippen LogP contribution in [-0.4, -0.2) is 22.0 Å².